The summed E-state index contributed by atoms with van der Waals surface area (Å²) < 4.78 is 10.5. The molecule has 0 unspecified atom stereocenters. The van der Waals surface area contributed by atoms with Crippen molar-refractivity contribution in [3.63, 3.8) is 0 Å². The molecule has 1 aromatic heterocycles. The maximum absolute atomic E-state index is 12.7. The lowest BCUT2D eigenvalue weighted by atomic mass is 10.1. The normalized spacial score (nSPS) is 11.3. The van der Waals surface area contributed by atoms with Crippen molar-refractivity contribution in [2.24, 2.45) is 0 Å². The van der Waals surface area contributed by atoms with Crippen LogP contribution in [0.5, 0.6) is 5.75 Å². The van der Waals surface area contributed by atoms with E-state index < -0.39 is 23.8 Å². The lowest BCUT2D eigenvalue weighted by Gasteiger charge is -2.18. The van der Waals surface area contributed by atoms with Crippen molar-refractivity contribution >= 4 is 29.3 Å². The van der Waals surface area contributed by atoms with E-state index in [-0.39, 0.29) is 18.8 Å². The Morgan fingerprint density at radius 3 is 2.50 bits per heavy atom. The number of ether oxygens (including phenoxy) is 1. The van der Waals surface area contributed by atoms with Crippen LogP contribution in [0.3, 0.4) is 0 Å². The van der Waals surface area contributed by atoms with E-state index >= 15 is 0 Å². The molecule has 166 valence electrons. The Hall–Kier alpha value is -3.78. The summed E-state index contributed by atoms with van der Waals surface area (Å²) in [6, 6.07) is 16.3. The average molecular weight is 456 g/mol. The van der Waals surface area contributed by atoms with Crippen LogP contribution in [0, 0.1) is 6.92 Å². The number of hydrogen-bond donors (Lipinski definition) is 3. The second-order valence-corrected chi connectivity index (χ2v) is 7.37. The summed E-state index contributed by atoms with van der Waals surface area (Å²) in [5, 5.41) is 3.18. The van der Waals surface area contributed by atoms with Crippen LogP contribution in [0.4, 0.5) is 0 Å². The third-order valence-corrected chi connectivity index (χ3v) is 4.71. The molecule has 0 radical (unpaired) electrons. The molecular weight excluding hydrogens is 434 g/mol. The molecule has 3 rings (SSSR count). The number of carbonyl (C=O) groups excluding carboxylic acids is 3. The summed E-state index contributed by atoms with van der Waals surface area (Å²) in [6.45, 7) is 1.49. The van der Waals surface area contributed by atoms with Gasteiger partial charge in [-0.2, -0.15) is 0 Å². The van der Waals surface area contributed by atoms with Gasteiger partial charge >= 0.3 is 0 Å². The molecule has 0 aliphatic carbocycles. The number of aryl methyl sites for hydroxylation is 1. The Labute approximate surface area is 189 Å². The average Bonchev–Trinajstić information content (AvgIpc) is 3.32. The second kappa shape index (κ2) is 11.0. The molecule has 3 amide bonds. The first kappa shape index (κ1) is 22.9. The van der Waals surface area contributed by atoms with E-state index in [1.54, 1.807) is 31.2 Å². The lowest BCUT2D eigenvalue weighted by Crippen LogP contribution is -2.53. The highest BCUT2D eigenvalue weighted by Crippen LogP contribution is 2.21. The minimum absolute atomic E-state index is 0.0756. The van der Waals surface area contributed by atoms with Crippen LogP contribution < -0.4 is 20.9 Å². The molecule has 9 heteroatoms. The van der Waals surface area contributed by atoms with Crippen LogP contribution in [-0.2, 0) is 16.0 Å². The van der Waals surface area contributed by atoms with Gasteiger partial charge in [0.05, 0.1) is 6.26 Å². The predicted molar refractivity (Wildman–Crippen MR) is 118 cm³/mol. The minimum Gasteiger partial charge on any atom is -0.483 e. The number of amides is 3. The molecule has 0 aliphatic rings. The summed E-state index contributed by atoms with van der Waals surface area (Å²) in [5.74, 6) is -1.12. The predicted octanol–water partition coefficient (Wildman–Crippen LogP) is 2.81. The number of carbonyl (C=O) groups is 3. The van der Waals surface area contributed by atoms with Crippen molar-refractivity contribution in [3.8, 4) is 5.75 Å². The standard InChI is InChI=1S/C23H22ClN3O5/c1-15-12-17(24)9-10-19(15)32-14-21(28)26-27-22(29)18(13-16-6-3-2-4-7-16)25-23(30)20-8-5-11-31-20/h2-12,18H,13-14H2,1H3,(H,25,30)(H,26,28)(H,27,29)/t18-/m1/s1. The first-order valence-corrected chi connectivity index (χ1v) is 10.2. The summed E-state index contributed by atoms with van der Waals surface area (Å²) in [5.41, 5.74) is 6.23. The molecule has 0 fully saturated rings. The van der Waals surface area contributed by atoms with Crippen LogP contribution in [0.15, 0.2) is 71.3 Å². The Balaban J connectivity index is 1.57. The number of furan rings is 1. The van der Waals surface area contributed by atoms with Gasteiger partial charge in [0.1, 0.15) is 11.8 Å². The van der Waals surface area contributed by atoms with Gasteiger partial charge in [-0.05, 0) is 48.4 Å². The second-order valence-electron chi connectivity index (χ2n) is 6.93. The molecule has 0 bridgehead atoms. The minimum atomic E-state index is -0.949. The van der Waals surface area contributed by atoms with E-state index in [9.17, 15) is 14.4 Å². The number of nitrogens with one attached hydrogen (secondary N) is 3. The number of hydrazine groups is 1. The van der Waals surface area contributed by atoms with Crippen molar-refractivity contribution in [2.75, 3.05) is 6.61 Å². The van der Waals surface area contributed by atoms with Crippen molar-refractivity contribution < 1.29 is 23.5 Å². The molecule has 2 aromatic carbocycles. The molecule has 8 nitrogen and oxygen atoms in total. The molecular formula is C23H22ClN3O5. The van der Waals surface area contributed by atoms with Gasteiger partial charge in [0.2, 0.25) is 0 Å². The maximum atomic E-state index is 12.7. The molecule has 3 N–H and O–H groups in total. The maximum Gasteiger partial charge on any atom is 0.287 e. The first-order chi connectivity index (χ1) is 15.4. The van der Waals surface area contributed by atoms with E-state index in [0.717, 1.165) is 11.1 Å². The van der Waals surface area contributed by atoms with Gasteiger partial charge in [-0.1, -0.05) is 41.9 Å². The van der Waals surface area contributed by atoms with Crippen molar-refractivity contribution in [1.82, 2.24) is 16.2 Å². The number of halogens is 1. The van der Waals surface area contributed by atoms with Gasteiger partial charge < -0.3 is 14.5 Å². The third-order valence-electron chi connectivity index (χ3n) is 4.47. The molecule has 1 atom stereocenters. The highest BCUT2D eigenvalue weighted by molar-refractivity contribution is 6.30. The molecule has 0 spiro atoms. The summed E-state index contributed by atoms with van der Waals surface area (Å²) in [7, 11) is 0. The SMILES string of the molecule is Cc1cc(Cl)ccc1OCC(=O)NNC(=O)[C@@H](Cc1ccccc1)NC(=O)c1ccco1. The fraction of sp³-hybridized carbons (Fsp3) is 0.174. The molecule has 0 aliphatic heterocycles. The Bertz CT molecular complexity index is 1070. The number of hydrogen-bond acceptors (Lipinski definition) is 5. The zero-order valence-corrected chi connectivity index (χ0v) is 18.0. The number of benzene rings is 2. The van der Waals surface area contributed by atoms with E-state index in [2.05, 4.69) is 16.2 Å². The van der Waals surface area contributed by atoms with E-state index in [1.807, 2.05) is 30.3 Å². The van der Waals surface area contributed by atoms with Crippen LogP contribution in [0.25, 0.3) is 0 Å². The van der Waals surface area contributed by atoms with Crippen molar-refractivity contribution in [2.45, 2.75) is 19.4 Å². The Morgan fingerprint density at radius 1 is 1.03 bits per heavy atom. The van der Waals surface area contributed by atoms with Crippen LogP contribution in [0.1, 0.15) is 21.7 Å². The van der Waals surface area contributed by atoms with Gasteiger partial charge in [-0.3, -0.25) is 25.2 Å². The third kappa shape index (κ3) is 6.61. The van der Waals surface area contributed by atoms with Crippen molar-refractivity contribution in [3.05, 3.63) is 88.8 Å². The molecule has 1 heterocycles. The molecule has 3 aromatic rings. The van der Waals surface area contributed by atoms with Crippen LogP contribution in [-0.4, -0.2) is 30.4 Å². The lowest BCUT2D eigenvalue weighted by molar-refractivity contribution is -0.130. The molecule has 0 saturated carbocycles. The summed E-state index contributed by atoms with van der Waals surface area (Å²) in [6.07, 6.45) is 1.58. The van der Waals surface area contributed by atoms with Gasteiger partial charge in [0.25, 0.3) is 17.7 Å². The van der Waals surface area contributed by atoms with E-state index in [1.165, 1.54) is 12.3 Å². The van der Waals surface area contributed by atoms with E-state index in [4.69, 9.17) is 20.8 Å². The van der Waals surface area contributed by atoms with Crippen molar-refractivity contribution in [1.29, 1.82) is 0 Å². The highest BCUT2D eigenvalue weighted by atomic mass is 35.5. The fourth-order valence-corrected chi connectivity index (χ4v) is 3.10. The Morgan fingerprint density at radius 2 is 1.81 bits per heavy atom. The highest BCUT2D eigenvalue weighted by Gasteiger charge is 2.23. The van der Waals surface area contributed by atoms with Gasteiger partial charge in [-0.25, -0.2) is 0 Å². The zero-order chi connectivity index (χ0) is 22.9. The van der Waals surface area contributed by atoms with Gasteiger partial charge in [0, 0.05) is 11.4 Å². The van der Waals surface area contributed by atoms with Crippen LogP contribution in [0.2, 0.25) is 5.02 Å². The smallest absolute Gasteiger partial charge is 0.287 e. The summed E-state index contributed by atoms with van der Waals surface area (Å²) in [4.78, 5) is 37.2. The molecule has 0 saturated heterocycles. The first-order valence-electron chi connectivity index (χ1n) is 9.78. The number of rotatable bonds is 8. The topological polar surface area (TPSA) is 110 Å². The fourth-order valence-electron chi connectivity index (χ4n) is 2.87. The van der Waals surface area contributed by atoms with Gasteiger partial charge in [0.15, 0.2) is 12.4 Å². The monoisotopic (exact) mass is 455 g/mol. The van der Waals surface area contributed by atoms with Gasteiger partial charge in [-0.15, -0.1) is 0 Å². The molecule has 32 heavy (non-hydrogen) atoms. The summed E-state index contributed by atoms with van der Waals surface area (Å²) >= 11 is 5.90. The Kier molecular flexibility index (Phi) is 7.88. The quantitative estimate of drug-likeness (QED) is 0.452. The van der Waals surface area contributed by atoms with E-state index in [0.29, 0.717) is 10.8 Å². The largest absolute Gasteiger partial charge is 0.483 e. The zero-order valence-electron chi connectivity index (χ0n) is 17.3. The van der Waals surface area contributed by atoms with Crippen LogP contribution >= 0.6 is 11.6 Å².